The monoisotopic (exact) mass is 349 g/mol. The lowest BCUT2D eigenvalue weighted by atomic mass is 9.94. The molecule has 2 aromatic rings. The molecule has 0 unspecified atom stereocenters. The normalized spacial score (nSPS) is 15.3. The molecule has 1 saturated carbocycles. The Bertz CT molecular complexity index is 634. The maximum Gasteiger partial charge on any atom is 0.264 e. The summed E-state index contributed by atoms with van der Waals surface area (Å²) in [5.74, 6) is -0.225. The Kier molecular flexibility index (Phi) is 5.40. The number of hydrogen-bond donors (Lipinski definition) is 1. The van der Waals surface area contributed by atoms with Crippen LogP contribution in [0.15, 0.2) is 29.1 Å². The number of carbonyl (C=O) groups is 2. The number of carbonyl (C=O) groups excluding carboxylic acids is 2. The van der Waals surface area contributed by atoms with Gasteiger partial charge in [-0.15, -0.1) is 22.7 Å². The molecule has 0 saturated heterocycles. The molecule has 2 amide bonds. The zero-order chi connectivity index (χ0) is 16.1. The second-order valence-corrected chi connectivity index (χ2v) is 7.43. The van der Waals surface area contributed by atoms with E-state index in [9.17, 15) is 9.59 Å². The van der Waals surface area contributed by atoms with E-state index in [0.29, 0.717) is 10.0 Å². The lowest BCUT2D eigenvalue weighted by molar-refractivity contribution is -0.117. The van der Waals surface area contributed by atoms with Gasteiger partial charge in [0.2, 0.25) is 5.91 Å². The van der Waals surface area contributed by atoms with E-state index in [1.165, 1.54) is 29.1 Å². The van der Waals surface area contributed by atoms with E-state index in [4.69, 9.17) is 0 Å². The lowest BCUT2D eigenvalue weighted by Crippen LogP contribution is -2.45. The van der Waals surface area contributed by atoms with Crippen LogP contribution in [0.2, 0.25) is 0 Å². The number of thiophene rings is 1. The van der Waals surface area contributed by atoms with E-state index in [0.717, 1.165) is 25.7 Å². The summed E-state index contributed by atoms with van der Waals surface area (Å²) in [7, 11) is 0. The third kappa shape index (κ3) is 4.17. The van der Waals surface area contributed by atoms with Gasteiger partial charge >= 0.3 is 0 Å². The fraction of sp³-hybridized carbons (Fsp3) is 0.438. The van der Waals surface area contributed by atoms with Crippen molar-refractivity contribution >= 4 is 39.6 Å². The van der Waals surface area contributed by atoms with Gasteiger partial charge in [0.1, 0.15) is 6.54 Å². The van der Waals surface area contributed by atoms with E-state index in [1.807, 2.05) is 22.9 Å². The summed E-state index contributed by atoms with van der Waals surface area (Å²) in [5, 5.41) is 7.04. The lowest BCUT2D eigenvalue weighted by Gasteiger charge is -2.33. The van der Waals surface area contributed by atoms with Crippen molar-refractivity contribution in [1.29, 1.82) is 0 Å². The summed E-state index contributed by atoms with van der Waals surface area (Å²) in [6.45, 7) is 0.0843. The Labute approximate surface area is 143 Å². The highest BCUT2D eigenvalue weighted by Gasteiger charge is 2.28. The van der Waals surface area contributed by atoms with Crippen LogP contribution in [0.1, 0.15) is 41.8 Å². The molecule has 0 spiro atoms. The number of amides is 2. The van der Waals surface area contributed by atoms with Crippen molar-refractivity contribution in [3.63, 3.8) is 0 Å². The van der Waals surface area contributed by atoms with Crippen LogP contribution < -0.4 is 5.32 Å². The molecular weight excluding hydrogens is 330 g/mol. The number of hydrogen-bond acceptors (Lipinski definition) is 5. The first-order chi connectivity index (χ1) is 11.2. The molecule has 1 aliphatic carbocycles. The van der Waals surface area contributed by atoms with Gasteiger partial charge in [0.25, 0.3) is 5.91 Å². The van der Waals surface area contributed by atoms with Gasteiger partial charge in [0.15, 0.2) is 5.13 Å². The fourth-order valence-corrected chi connectivity index (χ4v) is 4.12. The maximum atomic E-state index is 12.8. The molecule has 3 rings (SSSR count). The van der Waals surface area contributed by atoms with Crippen LogP contribution in [-0.4, -0.2) is 34.3 Å². The highest BCUT2D eigenvalue weighted by Crippen LogP contribution is 2.25. The quantitative estimate of drug-likeness (QED) is 0.897. The highest BCUT2D eigenvalue weighted by molar-refractivity contribution is 7.13. The summed E-state index contributed by atoms with van der Waals surface area (Å²) in [5.41, 5.74) is 0. The second kappa shape index (κ2) is 7.70. The third-order valence-corrected chi connectivity index (χ3v) is 5.55. The van der Waals surface area contributed by atoms with Crippen LogP contribution in [0.5, 0.6) is 0 Å². The average Bonchev–Trinajstić information content (AvgIpc) is 3.26. The zero-order valence-electron chi connectivity index (χ0n) is 12.7. The average molecular weight is 349 g/mol. The van der Waals surface area contributed by atoms with Crippen molar-refractivity contribution in [2.75, 3.05) is 11.9 Å². The van der Waals surface area contributed by atoms with Gasteiger partial charge in [0, 0.05) is 17.6 Å². The summed E-state index contributed by atoms with van der Waals surface area (Å²) in [4.78, 5) is 31.6. The van der Waals surface area contributed by atoms with Gasteiger partial charge in [-0.25, -0.2) is 4.98 Å². The van der Waals surface area contributed by atoms with Crippen molar-refractivity contribution in [1.82, 2.24) is 9.88 Å². The molecule has 23 heavy (non-hydrogen) atoms. The predicted molar refractivity (Wildman–Crippen MR) is 93.0 cm³/mol. The number of rotatable bonds is 5. The molecule has 0 bridgehead atoms. The first-order valence-corrected chi connectivity index (χ1v) is 9.54. The Morgan fingerprint density at radius 1 is 1.22 bits per heavy atom. The Balaban J connectivity index is 1.71. The SMILES string of the molecule is O=C(CN(C(=O)c1cccs1)C1CCCCC1)Nc1nccs1. The van der Waals surface area contributed by atoms with Crippen LogP contribution >= 0.6 is 22.7 Å². The molecule has 1 N–H and O–H groups in total. The van der Waals surface area contributed by atoms with Crippen LogP contribution in [0.3, 0.4) is 0 Å². The van der Waals surface area contributed by atoms with Gasteiger partial charge in [-0.3, -0.25) is 9.59 Å². The van der Waals surface area contributed by atoms with Crippen LogP contribution in [-0.2, 0) is 4.79 Å². The standard InChI is InChI=1S/C16H19N3O2S2/c20-14(18-16-17-8-10-23-16)11-19(12-5-2-1-3-6-12)15(21)13-7-4-9-22-13/h4,7-10,12H,1-3,5-6,11H2,(H,17,18,20). The number of nitrogens with zero attached hydrogens (tertiary/aromatic N) is 2. The summed E-state index contributed by atoms with van der Waals surface area (Å²) in [6, 6.07) is 3.84. The molecule has 0 radical (unpaired) electrons. The van der Waals surface area contributed by atoms with Crippen molar-refractivity contribution in [2.45, 2.75) is 38.1 Å². The fourth-order valence-electron chi connectivity index (χ4n) is 2.90. The third-order valence-electron chi connectivity index (χ3n) is 4.00. The van der Waals surface area contributed by atoms with Crippen LogP contribution in [0, 0.1) is 0 Å². The second-order valence-electron chi connectivity index (χ2n) is 5.59. The number of aromatic nitrogens is 1. The molecule has 0 aliphatic heterocycles. The molecule has 0 atom stereocenters. The maximum absolute atomic E-state index is 12.8. The van der Waals surface area contributed by atoms with E-state index in [2.05, 4.69) is 10.3 Å². The number of thiazole rings is 1. The number of nitrogens with one attached hydrogen (secondary N) is 1. The van der Waals surface area contributed by atoms with Gasteiger partial charge in [-0.1, -0.05) is 25.3 Å². The molecule has 1 aliphatic rings. The molecule has 5 nitrogen and oxygen atoms in total. The van der Waals surface area contributed by atoms with E-state index < -0.39 is 0 Å². The van der Waals surface area contributed by atoms with Gasteiger partial charge in [-0.2, -0.15) is 0 Å². The minimum absolute atomic E-state index is 0.0406. The number of anilines is 1. The minimum atomic E-state index is -0.185. The largest absolute Gasteiger partial charge is 0.326 e. The summed E-state index contributed by atoms with van der Waals surface area (Å²) >= 11 is 2.80. The Morgan fingerprint density at radius 2 is 2.04 bits per heavy atom. The zero-order valence-corrected chi connectivity index (χ0v) is 14.4. The van der Waals surface area contributed by atoms with Crippen LogP contribution in [0.25, 0.3) is 0 Å². The summed E-state index contributed by atoms with van der Waals surface area (Å²) in [6.07, 6.45) is 7.04. The van der Waals surface area contributed by atoms with Crippen LogP contribution in [0.4, 0.5) is 5.13 Å². The highest BCUT2D eigenvalue weighted by atomic mass is 32.1. The molecule has 2 aromatic heterocycles. The van der Waals surface area contributed by atoms with Crippen molar-refractivity contribution < 1.29 is 9.59 Å². The topological polar surface area (TPSA) is 62.3 Å². The first kappa shape index (κ1) is 16.1. The Hall–Kier alpha value is -1.73. The summed E-state index contributed by atoms with van der Waals surface area (Å²) < 4.78 is 0. The molecule has 2 heterocycles. The molecule has 122 valence electrons. The van der Waals surface area contributed by atoms with Crippen molar-refractivity contribution in [3.05, 3.63) is 34.0 Å². The molecule has 7 heteroatoms. The van der Waals surface area contributed by atoms with Gasteiger partial charge < -0.3 is 10.2 Å². The Morgan fingerprint density at radius 3 is 2.70 bits per heavy atom. The van der Waals surface area contributed by atoms with E-state index in [-0.39, 0.29) is 24.4 Å². The smallest absolute Gasteiger partial charge is 0.264 e. The molecular formula is C16H19N3O2S2. The van der Waals surface area contributed by atoms with Gasteiger partial charge in [0.05, 0.1) is 4.88 Å². The van der Waals surface area contributed by atoms with Crippen molar-refractivity contribution in [3.8, 4) is 0 Å². The van der Waals surface area contributed by atoms with Gasteiger partial charge in [-0.05, 0) is 24.3 Å². The minimum Gasteiger partial charge on any atom is -0.326 e. The van der Waals surface area contributed by atoms with E-state index >= 15 is 0 Å². The van der Waals surface area contributed by atoms with E-state index in [1.54, 1.807) is 11.1 Å². The molecule has 1 fully saturated rings. The molecule has 0 aromatic carbocycles. The predicted octanol–water partition coefficient (Wildman–Crippen LogP) is 3.62. The first-order valence-electron chi connectivity index (χ1n) is 7.78. The van der Waals surface area contributed by atoms with Crippen molar-refractivity contribution in [2.24, 2.45) is 0 Å².